The molecule has 0 amide bonds. The zero-order valence-corrected chi connectivity index (χ0v) is 15.7. The van der Waals surface area contributed by atoms with E-state index in [2.05, 4.69) is 10.3 Å². The minimum absolute atomic E-state index is 0.239. The van der Waals surface area contributed by atoms with E-state index in [1.165, 1.54) is 12.1 Å². The fraction of sp³-hybridized carbons (Fsp3) is 0.190. The number of halogens is 2. The lowest BCUT2D eigenvalue weighted by atomic mass is 10.1. The summed E-state index contributed by atoms with van der Waals surface area (Å²) in [5.41, 5.74) is 2.92. The number of benzene rings is 2. The van der Waals surface area contributed by atoms with Gasteiger partial charge in [-0.3, -0.25) is 4.98 Å². The first-order valence-electron chi connectivity index (χ1n) is 8.49. The smallest absolute Gasteiger partial charge is 0.180 e. The van der Waals surface area contributed by atoms with Crippen LogP contribution in [0.5, 0.6) is 11.5 Å². The van der Waals surface area contributed by atoms with Crippen molar-refractivity contribution in [2.75, 3.05) is 7.11 Å². The van der Waals surface area contributed by atoms with Gasteiger partial charge in [0, 0.05) is 31.0 Å². The molecule has 0 aliphatic rings. The minimum atomic E-state index is -0.239. The van der Waals surface area contributed by atoms with E-state index in [4.69, 9.17) is 21.1 Å². The van der Waals surface area contributed by atoms with Crippen molar-refractivity contribution in [3.05, 3.63) is 88.5 Å². The number of methoxy groups -OCH3 is 1. The Bertz CT molecular complexity index is 873. The first-order valence-corrected chi connectivity index (χ1v) is 8.87. The SMILES string of the molecule is COc1cc(CNCc2ccc(F)cc2)cc(Cl)c1OCc1cccnc1. The molecule has 0 radical (unpaired) electrons. The number of pyridine rings is 1. The van der Waals surface area contributed by atoms with Crippen molar-refractivity contribution in [2.24, 2.45) is 0 Å². The van der Waals surface area contributed by atoms with Crippen LogP contribution < -0.4 is 14.8 Å². The molecule has 140 valence electrons. The lowest BCUT2D eigenvalue weighted by molar-refractivity contribution is 0.284. The van der Waals surface area contributed by atoms with Crippen LogP contribution >= 0.6 is 11.6 Å². The standard InChI is InChI=1S/C21H20ClFN2O2/c1-26-20-10-17(13-25-11-15-4-6-18(23)7-5-15)9-19(22)21(20)27-14-16-3-2-8-24-12-16/h2-10,12,25H,11,13-14H2,1H3. The van der Waals surface area contributed by atoms with Crippen LogP contribution in [0.4, 0.5) is 4.39 Å². The predicted molar refractivity (Wildman–Crippen MR) is 104 cm³/mol. The summed E-state index contributed by atoms with van der Waals surface area (Å²) in [6.07, 6.45) is 3.46. The van der Waals surface area contributed by atoms with Crippen LogP contribution in [0.3, 0.4) is 0 Å². The number of rotatable bonds is 8. The van der Waals surface area contributed by atoms with E-state index in [1.807, 2.05) is 24.3 Å². The fourth-order valence-corrected chi connectivity index (χ4v) is 2.90. The van der Waals surface area contributed by atoms with Crippen molar-refractivity contribution in [2.45, 2.75) is 19.7 Å². The third-order valence-electron chi connectivity index (χ3n) is 3.97. The highest BCUT2D eigenvalue weighted by Crippen LogP contribution is 2.37. The molecule has 3 rings (SSSR count). The molecule has 27 heavy (non-hydrogen) atoms. The summed E-state index contributed by atoms with van der Waals surface area (Å²) in [6, 6.07) is 13.9. The van der Waals surface area contributed by atoms with Crippen LogP contribution in [0.25, 0.3) is 0 Å². The van der Waals surface area contributed by atoms with E-state index < -0.39 is 0 Å². The molecule has 0 bridgehead atoms. The molecule has 3 aromatic rings. The van der Waals surface area contributed by atoms with Crippen LogP contribution in [0.1, 0.15) is 16.7 Å². The van der Waals surface area contributed by atoms with Crippen molar-refractivity contribution >= 4 is 11.6 Å². The highest BCUT2D eigenvalue weighted by Gasteiger charge is 2.12. The number of hydrogen-bond donors (Lipinski definition) is 1. The zero-order chi connectivity index (χ0) is 19.1. The number of ether oxygens (including phenoxy) is 2. The van der Waals surface area contributed by atoms with Gasteiger partial charge < -0.3 is 14.8 Å². The number of hydrogen-bond acceptors (Lipinski definition) is 4. The maximum atomic E-state index is 12.9. The predicted octanol–water partition coefficient (Wildman–Crippen LogP) is 4.75. The summed E-state index contributed by atoms with van der Waals surface area (Å²) in [5.74, 6) is 0.840. The Balaban J connectivity index is 1.63. The average Bonchev–Trinajstić information content (AvgIpc) is 2.69. The van der Waals surface area contributed by atoms with Crippen LogP contribution in [0, 0.1) is 5.82 Å². The molecule has 0 saturated carbocycles. The number of nitrogens with one attached hydrogen (secondary N) is 1. The Labute approximate surface area is 162 Å². The summed E-state index contributed by atoms with van der Waals surface area (Å²) in [6.45, 7) is 1.57. The van der Waals surface area contributed by atoms with Gasteiger partial charge in [-0.2, -0.15) is 0 Å². The summed E-state index contributed by atoms with van der Waals surface area (Å²) in [5, 5.41) is 3.79. The van der Waals surface area contributed by atoms with Gasteiger partial charge in [-0.25, -0.2) is 4.39 Å². The van der Waals surface area contributed by atoms with Crippen LogP contribution in [0.2, 0.25) is 5.02 Å². The van der Waals surface area contributed by atoms with Gasteiger partial charge in [0.2, 0.25) is 0 Å². The Morgan fingerprint density at radius 3 is 2.52 bits per heavy atom. The minimum Gasteiger partial charge on any atom is -0.493 e. The lowest BCUT2D eigenvalue weighted by Crippen LogP contribution is -2.13. The Morgan fingerprint density at radius 2 is 1.81 bits per heavy atom. The summed E-state index contributed by atoms with van der Waals surface area (Å²) in [4.78, 5) is 4.07. The number of nitrogens with zero attached hydrogens (tertiary/aromatic N) is 1. The van der Waals surface area contributed by atoms with Crippen molar-refractivity contribution in [3.8, 4) is 11.5 Å². The van der Waals surface area contributed by atoms with E-state index in [0.29, 0.717) is 36.2 Å². The maximum absolute atomic E-state index is 12.9. The third-order valence-corrected chi connectivity index (χ3v) is 4.25. The summed E-state index contributed by atoms with van der Waals surface area (Å²) >= 11 is 6.40. The molecule has 1 aromatic heterocycles. The molecule has 0 saturated heterocycles. The van der Waals surface area contributed by atoms with Crippen molar-refractivity contribution in [1.29, 1.82) is 0 Å². The van der Waals surface area contributed by atoms with Gasteiger partial charge in [0.1, 0.15) is 12.4 Å². The van der Waals surface area contributed by atoms with E-state index in [1.54, 1.807) is 31.6 Å². The topological polar surface area (TPSA) is 43.4 Å². The van der Waals surface area contributed by atoms with Gasteiger partial charge in [-0.05, 0) is 41.5 Å². The number of aromatic nitrogens is 1. The molecule has 1 heterocycles. The zero-order valence-electron chi connectivity index (χ0n) is 14.9. The molecule has 4 nitrogen and oxygen atoms in total. The normalized spacial score (nSPS) is 10.6. The molecular formula is C21H20ClFN2O2. The molecular weight excluding hydrogens is 367 g/mol. The van der Waals surface area contributed by atoms with Gasteiger partial charge in [0.05, 0.1) is 12.1 Å². The average molecular weight is 387 g/mol. The second-order valence-electron chi connectivity index (χ2n) is 5.99. The van der Waals surface area contributed by atoms with Gasteiger partial charge >= 0.3 is 0 Å². The van der Waals surface area contributed by atoms with Gasteiger partial charge in [-0.15, -0.1) is 0 Å². The van der Waals surface area contributed by atoms with E-state index >= 15 is 0 Å². The molecule has 1 N–H and O–H groups in total. The van der Waals surface area contributed by atoms with Crippen LogP contribution in [0.15, 0.2) is 60.9 Å². The summed E-state index contributed by atoms with van der Waals surface area (Å²) < 4.78 is 24.2. The Morgan fingerprint density at radius 1 is 1.04 bits per heavy atom. The molecule has 0 fully saturated rings. The maximum Gasteiger partial charge on any atom is 0.180 e. The van der Waals surface area contributed by atoms with Crippen molar-refractivity contribution in [3.63, 3.8) is 0 Å². The molecule has 2 aromatic carbocycles. The van der Waals surface area contributed by atoms with Gasteiger partial charge in [0.15, 0.2) is 11.5 Å². The van der Waals surface area contributed by atoms with Crippen LogP contribution in [-0.2, 0) is 19.7 Å². The molecule has 0 unspecified atom stereocenters. The van der Waals surface area contributed by atoms with Gasteiger partial charge in [0.25, 0.3) is 0 Å². The van der Waals surface area contributed by atoms with E-state index in [-0.39, 0.29) is 5.82 Å². The first kappa shape index (κ1) is 19.1. The highest BCUT2D eigenvalue weighted by molar-refractivity contribution is 6.32. The second kappa shape index (κ2) is 9.35. The monoisotopic (exact) mass is 386 g/mol. The third kappa shape index (κ3) is 5.42. The van der Waals surface area contributed by atoms with E-state index in [9.17, 15) is 4.39 Å². The van der Waals surface area contributed by atoms with Crippen LogP contribution in [-0.4, -0.2) is 12.1 Å². The molecule has 0 atom stereocenters. The Hall–Kier alpha value is -2.63. The molecule has 0 aliphatic heterocycles. The van der Waals surface area contributed by atoms with E-state index in [0.717, 1.165) is 16.7 Å². The first-order chi connectivity index (χ1) is 13.2. The molecule has 6 heteroatoms. The van der Waals surface area contributed by atoms with Crippen molar-refractivity contribution < 1.29 is 13.9 Å². The fourth-order valence-electron chi connectivity index (χ4n) is 2.61. The highest BCUT2D eigenvalue weighted by atomic mass is 35.5. The second-order valence-corrected chi connectivity index (χ2v) is 6.40. The lowest BCUT2D eigenvalue weighted by Gasteiger charge is -2.14. The summed E-state index contributed by atoms with van der Waals surface area (Å²) in [7, 11) is 1.58. The molecule has 0 aliphatic carbocycles. The quantitative estimate of drug-likeness (QED) is 0.606. The Kier molecular flexibility index (Phi) is 6.63. The van der Waals surface area contributed by atoms with Crippen molar-refractivity contribution in [1.82, 2.24) is 10.3 Å². The molecule has 0 spiro atoms. The van der Waals surface area contributed by atoms with Gasteiger partial charge in [-0.1, -0.05) is 29.8 Å². The largest absolute Gasteiger partial charge is 0.493 e.